The smallest absolute Gasteiger partial charge is 0.169 e. The SMILES string of the molecule is CC(=O)c1cc(C#N)c(C)s1. The molecule has 11 heavy (non-hydrogen) atoms. The third-order valence-electron chi connectivity index (χ3n) is 1.39. The molecule has 1 heterocycles. The van der Waals surface area contributed by atoms with Crippen molar-refractivity contribution in [1.29, 1.82) is 5.26 Å². The first-order valence-electron chi connectivity index (χ1n) is 3.16. The second kappa shape index (κ2) is 2.85. The third kappa shape index (κ3) is 1.47. The van der Waals surface area contributed by atoms with Gasteiger partial charge in [0.1, 0.15) is 6.07 Å². The predicted octanol–water partition coefficient (Wildman–Crippen LogP) is 2.13. The highest BCUT2D eigenvalue weighted by Gasteiger charge is 2.07. The van der Waals surface area contributed by atoms with Crippen LogP contribution in [0.15, 0.2) is 6.07 Å². The van der Waals surface area contributed by atoms with Gasteiger partial charge in [0.2, 0.25) is 0 Å². The molecule has 0 aromatic carbocycles. The Morgan fingerprint density at radius 1 is 1.73 bits per heavy atom. The number of rotatable bonds is 1. The van der Waals surface area contributed by atoms with E-state index < -0.39 is 0 Å². The molecule has 0 N–H and O–H groups in total. The number of nitriles is 1. The maximum atomic E-state index is 10.8. The standard InChI is InChI=1S/C8H7NOS/c1-5(10)8-3-7(4-9)6(2)11-8/h3H,1-2H3. The minimum atomic E-state index is 0.0274. The fourth-order valence-electron chi connectivity index (χ4n) is 0.767. The van der Waals surface area contributed by atoms with Gasteiger partial charge in [-0.3, -0.25) is 4.79 Å². The van der Waals surface area contributed by atoms with Crippen molar-refractivity contribution in [2.24, 2.45) is 0 Å². The van der Waals surface area contributed by atoms with Crippen molar-refractivity contribution in [2.75, 3.05) is 0 Å². The molecule has 1 aromatic rings. The first kappa shape index (κ1) is 7.96. The van der Waals surface area contributed by atoms with E-state index in [0.717, 1.165) is 4.88 Å². The molecular formula is C8H7NOS. The van der Waals surface area contributed by atoms with E-state index in [1.54, 1.807) is 6.07 Å². The van der Waals surface area contributed by atoms with Crippen LogP contribution >= 0.6 is 11.3 Å². The van der Waals surface area contributed by atoms with Crippen LogP contribution in [0.2, 0.25) is 0 Å². The Morgan fingerprint density at radius 2 is 2.36 bits per heavy atom. The van der Waals surface area contributed by atoms with E-state index in [2.05, 4.69) is 0 Å². The van der Waals surface area contributed by atoms with Crippen LogP contribution in [0, 0.1) is 18.3 Å². The molecule has 1 rings (SSSR count). The van der Waals surface area contributed by atoms with Gasteiger partial charge in [0, 0.05) is 4.88 Å². The summed E-state index contributed by atoms with van der Waals surface area (Å²) in [7, 11) is 0. The molecule has 2 nitrogen and oxygen atoms in total. The van der Waals surface area contributed by atoms with Crippen molar-refractivity contribution < 1.29 is 4.79 Å². The van der Waals surface area contributed by atoms with Crippen LogP contribution in [0.3, 0.4) is 0 Å². The monoisotopic (exact) mass is 165 g/mol. The average molecular weight is 165 g/mol. The highest BCUT2D eigenvalue weighted by molar-refractivity contribution is 7.14. The lowest BCUT2D eigenvalue weighted by Crippen LogP contribution is -1.83. The van der Waals surface area contributed by atoms with E-state index in [4.69, 9.17) is 5.26 Å². The Bertz CT molecular complexity index is 332. The van der Waals surface area contributed by atoms with Gasteiger partial charge in [-0.2, -0.15) is 5.26 Å². The summed E-state index contributed by atoms with van der Waals surface area (Å²) in [5.41, 5.74) is 0.611. The van der Waals surface area contributed by atoms with Crippen LogP contribution in [0.4, 0.5) is 0 Å². The lowest BCUT2D eigenvalue weighted by Gasteiger charge is -1.80. The first-order valence-corrected chi connectivity index (χ1v) is 3.98. The molecule has 0 saturated heterocycles. The maximum absolute atomic E-state index is 10.8. The molecule has 0 saturated carbocycles. The summed E-state index contributed by atoms with van der Waals surface area (Å²) in [5, 5.41) is 8.56. The fraction of sp³-hybridized carbons (Fsp3) is 0.250. The van der Waals surface area contributed by atoms with E-state index in [1.807, 2.05) is 13.0 Å². The number of carbonyl (C=O) groups is 1. The minimum absolute atomic E-state index is 0.0274. The lowest BCUT2D eigenvalue weighted by molar-refractivity contribution is 0.102. The quantitative estimate of drug-likeness (QED) is 0.598. The topological polar surface area (TPSA) is 40.9 Å². The molecule has 0 fully saturated rings. The molecule has 56 valence electrons. The Kier molecular flexibility index (Phi) is 2.06. The van der Waals surface area contributed by atoms with Crippen molar-refractivity contribution in [3.05, 3.63) is 21.4 Å². The van der Waals surface area contributed by atoms with E-state index in [-0.39, 0.29) is 5.78 Å². The first-order chi connectivity index (χ1) is 5.15. The summed E-state index contributed by atoms with van der Waals surface area (Å²) in [6.07, 6.45) is 0. The van der Waals surface area contributed by atoms with Crippen LogP contribution in [-0.2, 0) is 0 Å². The summed E-state index contributed by atoms with van der Waals surface area (Å²) >= 11 is 1.37. The summed E-state index contributed by atoms with van der Waals surface area (Å²) in [6, 6.07) is 3.67. The largest absolute Gasteiger partial charge is 0.294 e. The van der Waals surface area contributed by atoms with Crippen molar-refractivity contribution >= 4 is 17.1 Å². The van der Waals surface area contributed by atoms with Crippen LogP contribution in [0.1, 0.15) is 27.0 Å². The van der Waals surface area contributed by atoms with E-state index >= 15 is 0 Å². The Hall–Kier alpha value is -1.14. The number of Topliss-reactive ketones (excluding diaryl/α,β-unsaturated/α-hetero) is 1. The van der Waals surface area contributed by atoms with Gasteiger partial charge in [-0.15, -0.1) is 11.3 Å². The summed E-state index contributed by atoms with van der Waals surface area (Å²) < 4.78 is 0. The number of ketones is 1. The number of nitrogens with zero attached hydrogens (tertiary/aromatic N) is 1. The Morgan fingerprint density at radius 3 is 2.64 bits per heavy atom. The van der Waals surface area contributed by atoms with Crippen LogP contribution < -0.4 is 0 Å². The molecule has 0 aliphatic rings. The molecule has 0 aliphatic heterocycles. The molecule has 0 radical (unpaired) electrons. The molecule has 3 heteroatoms. The third-order valence-corrected chi connectivity index (χ3v) is 2.54. The fourth-order valence-corrected chi connectivity index (χ4v) is 1.63. The highest BCUT2D eigenvalue weighted by atomic mass is 32.1. The van der Waals surface area contributed by atoms with Gasteiger partial charge in [0.05, 0.1) is 10.4 Å². The predicted molar refractivity (Wildman–Crippen MR) is 43.8 cm³/mol. The normalized spacial score (nSPS) is 9.18. The van der Waals surface area contributed by atoms with E-state index in [0.29, 0.717) is 10.4 Å². The molecule has 0 spiro atoms. The van der Waals surface area contributed by atoms with Crippen molar-refractivity contribution in [3.8, 4) is 6.07 Å². The molecule has 0 unspecified atom stereocenters. The van der Waals surface area contributed by atoms with Gasteiger partial charge in [0.15, 0.2) is 5.78 Å². The number of thiophene rings is 1. The van der Waals surface area contributed by atoms with Crippen molar-refractivity contribution in [3.63, 3.8) is 0 Å². The Labute approximate surface area is 69.1 Å². The van der Waals surface area contributed by atoms with Gasteiger partial charge in [-0.1, -0.05) is 0 Å². The van der Waals surface area contributed by atoms with Gasteiger partial charge < -0.3 is 0 Å². The molecule has 0 atom stereocenters. The zero-order chi connectivity index (χ0) is 8.43. The molecular weight excluding hydrogens is 158 g/mol. The lowest BCUT2D eigenvalue weighted by atomic mass is 10.2. The van der Waals surface area contributed by atoms with Crippen LogP contribution in [0.5, 0.6) is 0 Å². The zero-order valence-electron chi connectivity index (χ0n) is 6.34. The summed E-state index contributed by atoms with van der Waals surface area (Å²) in [4.78, 5) is 12.4. The van der Waals surface area contributed by atoms with Crippen molar-refractivity contribution in [2.45, 2.75) is 13.8 Å². The second-order valence-corrected chi connectivity index (χ2v) is 3.50. The molecule has 0 aliphatic carbocycles. The molecule has 1 aromatic heterocycles. The van der Waals surface area contributed by atoms with Crippen LogP contribution in [-0.4, -0.2) is 5.78 Å². The number of carbonyl (C=O) groups excluding carboxylic acids is 1. The van der Waals surface area contributed by atoms with Gasteiger partial charge >= 0.3 is 0 Å². The highest BCUT2D eigenvalue weighted by Crippen LogP contribution is 2.20. The number of hydrogen-bond acceptors (Lipinski definition) is 3. The molecule has 0 amide bonds. The second-order valence-electron chi connectivity index (χ2n) is 2.25. The van der Waals surface area contributed by atoms with Crippen molar-refractivity contribution in [1.82, 2.24) is 0 Å². The summed E-state index contributed by atoms with van der Waals surface area (Å²) in [6.45, 7) is 3.35. The minimum Gasteiger partial charge on any atom is -0.294 e. The maximum Gasteiger partial charge on any atom is 0.169 e. The van der Waals surface area contributed by atoms with Crippen LogP contribution in [0.25, 0.3) is 0 Å². The van der Waals surface area contributed by atoms with Gasteiger partial charge in [-0.25, -0.2) is 0 Å². The Balaban J connectivity index is 3.18. The average Bonchev–Trinajstić information content (AvgIpc) is 2.31. The van der Waals surface area contributed by atoms with Gasteiger partial charge in [0.25, 0.3) is 0 Å². The number of aryl methyl sites for hydroxylation is 1. The summed E-state index contributed by atoms with van der Waals surface area (Å²) in [5.74, 6) is 0.0274. The molecule has 0 bridgehead atoms. The van der Waals surface area contributed by atoms with E-state index in [9.17, 15) is 4.79 Å². The zero-order valence-corrected chi connectivity index (χ0v) is 7.16. The van der Waals surface area contributed by atoms with E-state index in [1.165, 1.54) is 18.3 Å². The number of hydrogen-bond donors (Lipinski definition) is 0. The van der Waals surface area contributed by atoms with Gasteiger partial charge in [-0.05, 0) is 19.9 Å².